The highest BCUT2D eigenvalue weighted by molar-refractivity contribution is 5.84. The lowest BCUT2D eigenvalue weighted by molar-refractivity contribution is -0.122. The molecule has 4 N–H and O–H groups in total. The molecule has 6 heteroatoms. The third-order valence-electron chi connectivity index (χ3n) is 4.67. The minimum absolute atomic E-state index is 0.0266. The fourth-order valence-electron chi connectivity index (χ4n) is 3.31. The summed E-state index contributed by atoms with van der Waals surface area (Å²) in [5.41, 5.74) is 9.70. The van der Waals surface area contributed by atoms with Crippen molar-refractivity contribution in [2.24, 2.45) is 0 Å². The Hall–Kier alpha value is -2.70. The summed E-state index contributed by atoms with van der Waals surface area (Å²) in [4.78, 5) is 19.8. The minimum atomic E-state index is -0.229. The number of hydrogen-bond acceptors (Lipinski definition) is 4. The first-order valence-electron chi connectivity index (χ1n) is 8.55. The molecule has 0 saturated carbocycles. The van der Waals surface area contributed by atoms with Gasteiger partial charge in [-0.2, -0.15) is 0 Å². The maximum absolute atomic E-state index is 12.4. The van der Waals surface area contributed by atoms with Crippen molar-refractivity contribution in [3.8, 4) is 0 Å². The number of nitrogens with one attached hydrogen (secondary N) is 4. The number of benzene rings is 1. The summed E-state index contributed by atoms with van der Waals surface area (Å²) in [6.45, 7) is 0.621. The van der Waals surface area contributed by atoms with E-state index in [0.29, 0.717) is 13.0 Å². The van der Waals surface area contributed by atoms with Crippen LogP contribution in [0.1, 0.15) is 23.6 Å². The van der Waals surface area contributed by atoms with Gasteiger partial charge in [-0.25, -0.2) is 10.9 Å². The third kappa shape index (κ3) is 3.40. The SMILES string of the molecule is O=C(NCCc1c[nH]c2ccccc12)C1CC(c2cccnc2)NN1. The number of hydrogen-bond donors (Lipinski definition) is 4. The molecule has 0 spiro atoms. The first-order chi connectivity index (χ1) is 12.3. The fourth-order valence-corrected chi connectivity index (χ4v) is 3.31. The van der Waals surface area contributed by atoms with Crippen molar-refractivity contribution in [3.05, 3.63) is 66.1 Å². The lowest BCUT2D eigenvalue weighted by Gasteiger charge is -2.10. The Labute approximate surface area is 146 Å². The van der Waals surface area contributed by atoms with Gasteiger partial charge in [0.05, 0.1) is 0 Å². The second kappa shape index (κ2) is 7.04. The van der Waals surface area contributed by atoms with Gasteiger partial charge in [0.25, 0.3) is 0 Å². The molecule has 2 unspecified atom stereocenters. The van der Waals surface area contributed by atoms with Crippen LogP contribution in [0.15, 0.2) is 55.0 Å². The van der Waals surface area contributed by atoms with Gasteiger partial charge in [-0.3, -0.25) is 9.78 Å². The van der Waals surface area contributed by atoms with Gasteiger partial charge in [0.1, 0.15) is 6.04 Å². The third-order valence-corrected chi connectivity index (χ3v) is 4.67. The lowest BCUT2D eigenvalue weighted by atomic mass is 10.0. The van der Waals surface area contributed by atoms with Crippen molar-refractivity contribution in [1.29, 1.82) is 0 Å². The molecule has 1 fully saturated rings. The normalized spacial score (nSPS) is 20.0. The van der Waals surface area contributed by atoms with Crippen molar-refractivity contribution in [1.82, 2.24) is 26.1 Å². The van der Waals surface area contributed by atoms with Crippen molar-refractivity contribution in [3.63, 3.8) is 0 Å². The molecule has 3 aromatic rings. The Bertz CT molecular complexity index is 860. The van der Waals surface area contributed by atoms with E-state index in [0.717, 1.165) is 17.5 Å². The number of rotatable bonds is 5. The number of nitrogens with zero attached hydrogens (tertiary/aromatic N) is 1. The van der Waals surface area contributed by atoms with Gasteiger partial charge in [-0.1, -0.05) is 24.3 Å². The lowest BCUT2D eigenvalue weighted by Crippen LogP contribution is -2.43. The van der Waals surface area contributed by atoms with Crippen molar-refractivity contribution in [2.45, 2.75) is 24.9 Å². The highest BCUT2D eigenvalue weighted by Gasteiger charge is 2.29. The zero-order chi connectivity index (χ0) is 17.1. The summed E-state index contributed by atoms with van der Waals surface area (Å²) < 4.78 is 0. The molecular weight excluding hydrogens is 314 g/mol. The van der Waals surface area contributed by atoms with Crippen molar-refractivity contribution < 1.29 is 4.79 Å². The zero-order valence-corrected chi connectivity index (χ0v) is 13.8. The molecule has 1 aromatic carbocycles. The van der Waals surface area contributed by atoms with Gasteiger partial charge < -0.3 is 10.3 Å². The number of aromatic nitrogens is 2. The van der Waals surface area contributed by atoms with E-state index in [-0.39, 0.29) is 18.0 Å². The number of hydrazine groups is 1. The molecule has 1 aliphatic rings. The molecule has 0 bridgehead atoms. The number of carbonyl (C=O) groups is 1. The van der Waals surface area contributed by atoms with Gasteiger partial charge in [0.15, 0.2) is 0 Å². The predicted octanol–water partition coefficient (Wildman–Crippen LogP) is 1.83. The van der Waals surface area contributed by atoms with E-state index in [2.05, 4.69) is 38.3 Å². The molecule has 1 aliphatic heterocycles. The number of aromatic amines is 1. The molecular formula is C19H21N5O. The van der Waals surface area contributed by atoms with Gasteiger partial charge in [-0.05, 0) is 36.1 Å². The van der Waals surface area contributed by atoms with Crippen molar-refractivity contribution in [2.75, 3.05) is 6.54 Å². The average Bonchev–Trinajstić information content (AvgIpc) is 3.30. The summed E-state index contributed by atoms with van der Waals surface area (Å²) in [7, 11) is 0. The minimum Gasteiger partial charge on any atom is -0.361 e. The average molecular weight is 335 g/mol. The maximum atomic E-state index is 12.4. The van der Waals surface area contributed by atoms with Gasteiger partial charge >= 0.3 is 0 Å². The molecule has 25 heavy (non-hydrogen) atoms. The number of para-hydroxylation sites is 1. The second-order valence-electron chi connectivity index (χ2n) is 6.32. The number of pyridine rings is 1. The van der Waals surface area contributed by atoms with Crippen LogP contribution in [0.2, 0.25) is 0 Å². The Morgan fingerprint density at radius 3 is 3.00 bits per heavy atom. The highest BCUT2D eigenvalue weighted by Crippen LogP contribution is 2.21. The van der Waals surface area contributed by atoms with Gasteiger partial charge in [0, 0.05) is 42.1 Å². The standard InChI is InChI=1S/C19H21N5O/c25-19(18-10-17(23-24-18)14-4-3-8-20-11-14)21-9-7-13-12-22-16-6-2-1-5-15(13)16/h1-6,8,11-12,17-18,22-24H,7,9-10H2,(H,21,25). The summed E-state index contributed by atoms with van der Waals surface area (Å²) in [6.07, 6.45) is 7.12. The highest BCUT2D eigenvalue weighted by atomic mass is 16.2. The van der Waals surface area contributed by atoms with E-state index in [1.807, 2.05) is 36.7 Å². The molecule has 2 aromatic heterocycles. The number of amides is 1. The summed E-state index contributed by atoms with van der Waals surface area (Å²) in [6, 6.07) is 12.0. The molecule has 1 amide bonds. The van der Waals surface area contributed by atoms with E-state index in [9.17, 15) is 4.79 Å². The van der Waals surface area contributed by atoms with Crippen molar-refractivity contribution >= 4 is 16.8 Å². The first-order valence-corrected chi connectivity index (χ1v) is 8.55. The van der Waals surface area contributed by atoms with Crippen LogP contribution in [0, 0.1) is 0 Å². The van der Waals surface area contributed by atoms with Crippen LogP contribution in [0.25, 0.3) is 10.9 Å². The summed E-state index contributed by atoms with van der Waals surface area (Å²) in [5, 5.41) is 4.25. The van der Waals surface area contributed by atoms with Crippen LogP contribution in [-0.2, 0) is 11.2 Å². The van der Waals surface area contributed by atoms with Crippen LogP contribution in [-0.4, -0.2) is 28.5 Å². The molecule has 2 atom stereocenters. The Kier molecular flexibility index (Phi) is 4.45. The van der Waals surface area contributed by atoms with Crippen LogP contribution in [0.4, 0.5) is 0 Å². The summed E-state index contributed by atoms with van der Waals surface area (Å²) >= 11 is 0. The zero-order valence-electron chi connectivity index (χ0n) is 13.8. The second-order valence-corrected chi connectivity index (χ2v) is 6.32. The fraction of sp³-hybridized carbons (Fsp3) is 0.263. The van der Waals surface area contributed by atoms with Gasteiger partial charge in [0.2, 0.25) is 5.91 Å². The topological polar surface area (TPSA) is 81.8 Å². The maximum Gasteiger partial charge on any atom is 0.238 e. The molecule has 0 aliphatic carbocycles. The molecule has 0 radical (unpaired) electrons. The van der Waals surface area contributed by atoms with E-state index >= 15 is 0 Å². The van der Waals surface area contributed by atoms with E-state index in [1.165, 1.54) is 10.9 Å². The Balaban J connectivity index is 1.30. The van der Waals surface area contributed by atoms with E-state index in [4.69, 9.17) is 0 Å². The number of carbonyl (C=O) groups excluding carboxylic acids is 1. The quantitative estimate of drug-likeness (QED) is 0.573. The van der Waals surface area contributed by atoms with Gasteiger partial charge in [-0.15, -0.1) is 0 Å². The molecule has 1 saturated heterocycles. The van der Waals surface area contributed by atoms with E-state index in [1.54, 1.807) is 6.20 Å². The first kappa shape index (κ1) is 15.8. The molecule has 3 heterocycles. The monoisotopic (exact) mass is 335 g/mol. The van der Waals surface area contributed by atoms with Crippen LogP contribution < -0.4 is 16.2 Å². The number of H-pyrrole nitrogens is 1. The largest absolute Gasteiger partial charge is 0.361 e. The smallest absolute Gasteiger partial charge is 0.238 e. The Morgan fingerprint density at radius 1 is 1.20 bits per heavy atom. The molecule has 128 valence electrons. The Morgan fingerprint density at radius 2 is 2.12 bits per heavy atom. The predicted molar refractivity (Wildman–Crippen MR) is 96.7 cm³/mol. The van der Waals surface area contributed by atoms with Crippen LogP contribution in [0.3, 0.4) is 0 Å². The summed E-state index contributed by atoms with van der Waals surface area (Å²) in [5.74, 6) is 0.0266. The van der Waals surface area contributed by atoms with Crippen LogP contribution in [0.5, 0.6) is 0 Å². The number of fused-ring (bicyclic) bond motifs is 1. The molecule has 6 nitrogen and oxygen atoms in total. The molecule has 4 rings (SSSR count). The van der Waals surface area contributed by atoms with Crippen LogP contribution >= 0.6 is 0 Å². The van der Waals surface area contributed by atoms with E-state index < -0.39 is 0 Å².